The Morgan fingerprint density at radius 3 is 2.52 bits per heavy atom. The van der Waals surface area contributed by atoms with E-state index in [4.69, 9.17) is 0 Å². The van der Waals surface area contributed by atoms with Gasteiger partial charge in [-0.05, 0) is 12.8 Å². The molecule has 1 amide bonds. The van der Waals surface area contributed by atoms with Crippen LogP contribution in [0.3, 0.4) is 0 Å². The van der Waals surface area contributed by atoms with Gasteiger partial charge in [-0.15, -0.1) is 0 Å². The number of carbonyl (C=O) groups is 1. The summed E-state index contributed by atoms with van der Waals surface area (Å²) in [5.41, 5.74) is 0. The molecule has 0 saturated carbocycles. The number of nitrogens with zero attached hydrogens (tertiary/aromatic N) is 5. The Morgan fingerprint density at radius 2 is 1.92 bits per heavy atom. The maximum absolute atomic E-state index is 12.6. The molecule has 6 nitrogen and oxygen atoms in total. The molecule has 1 atom stereocenters. The highest BCUT2D eigenvalue weighted by Gasteiger charge is 2.39. The number of hydrogen-bond donors (Lipinski definition) is 0. The van der Waals surface area contributed by atoms with Gasteiger partial charge in [0.2, 0.25) is 5.91 Å². The van der Waals surface area contributed by atoms with E-state index in [0.717, 1.165) is 30.4 Å². The van der Waals surface area contributed by atoms with Gasteiger partial charge >= 0.3 is 6.18 Å². The topological polar surface area (TPSA) is 44.6 Å². The van der Waals surface area contributed by atoms with Crippen molar-refractivity contribution >= 4 is 5.91 Å². The van der Waals surface area contributed by atoms with Crippen molar-refractivity contribution in [3.8, 4) is 0 Å². The summed E-state index contributed by atoms with van der Waals surface area (Å²) in [7, 11) is 1.95. The monoisotopic (exact) mass is 359 g/mol. The molecule has 3 rings (SSSR count). The number of amides is 1. The number of carbonyl (C=O) groups excluding carboxylic acids is 1. The summed E-state index contributed by atoms with van der Waals surface area (Å²) in [4.78, 5) is 22.0. The minimum atomic E-state index is -4.34. The molecule has 1 aromatic rings. The highest BCUT2D eigenvalue weighted by atomic mass is 19.4. The molecule has 25 heavy (non-hydrogen) atoms. The molecule has 0 spiro atoms. The number of piperazine rings is 1. The lowest BCUT2D eigenvalue weighted by Gasteiger charge is -2.42. The maximum atomic E-state index is 12.6. The zero-order valence-corrected chi connectivity index (χ0v) is 14.4. The van der Waals surface area contributed by atoms with E-state index >= 15 is 0 Å². The largest absolute Gasteiger partial charge is 0.406 e. The third kappa shape index (κ3) is 4.52. The number of rotatable bonds is 4. The van der Waals surface area contributed by atoms with Gasteiger partial charge < -0.3 is 9.47 Å². The molecule has 2 aliphatic rings. The van der Waals surface area contributed by atoms with E-state index in [0.29, 0.717) is 25.9 Å². The first-order valence-corrected chi connectivity index (χ1v) is 8.61. The van der Waals surface area contributed by atoms with Crippen LogP contribution < -0.4 is 0 Å². The fourth-order valence-corrected chi connectivity index (χ4v) is 3.61. The number of alkyl halides is 3. The summed E-state index contributed by atoms with van der Waals surface area (Å²) < 4.78 is 39.9. The molecule has 2 aliphatic heterocycles. The molecule has 0 bridgehead atoms. The van der Waals surface area contributed by atoms with Crippen LogP contribution in [0, 0.1) is 0 Å². The minimum absolute atomic E-state index is 0.202. The quantitative estimate of drug-likeness (QED) is 0.807. The van der Waals surface area contributed by atoms with Gasteiger partial charge in [0.15, 0.2) is 0 Å². The van der Waals surface area contributed by atoms with E-state index in [1.54, 1.807) is 6.20 Å². The molecule has 0 aromatic carbocycles. The molecule has 0 radical (unpaired) electrons. The third-order valence-corrected chi connectivity index (χ3v) is 5.01. The Kier molecular flexibility index (Phi) is 5.33. The highest BCUT2D eigenvalue weighted by molar-refractivity contribution is 5.82. The van der Waals surface area contributed by atoms with Crippen molar-refractivity contribution in [1.82, 2.24) is 24.3 Å². The second-order valence-corrected chi connectivity index (χ2v) is 6.80. The standard InChI is InChI=1S/C16H24F3N5O/c1-21-6-4-20-14(21)11-22-7-9-23(10-8-22)13-3-2-5-24(15(13)25)12-16(17,18)19/h4,6,13H,2-3,5,7-12H2,1H3/t13-/m0/s1. The smallest absolute Gasteiger partial charge is 0.337 e. The summed E-state index contributed by atoms with van der Waals surface area (Å²) in [6.07, 6.45) is 0.605. The number of aryl methyl sites for hydroxylation is 1. The Hall–Kier alpha value is -1.61. The van der Waals surface area contributed by atoms with Gasteiger partial charge in [0.1, 0.15) is 12.4 Å². The summed E-state index contributed by atoms with van der Waals surface area (Å²) in [5, 5.41) is 0. The van der Waals surface area contributed by atoms with E-state index in [2.05, 4.69) is 9.88 Å². The zero-order chi connectivity index (χ0) is 18.0. The molecule has 2 fully saturated rings. The Labute approximate surface area is 145 Å². The molecule has 1 aromatic heterocycles. The van der Waals surface area contributed by atoms with Gasteiger partial charge in [0.05, 0.1) is 12.6 Å². The first kappa shape index (κ1) is 18.2. The van der Waals surface area contributed by atoms with E-state index in [1.807, 2.05) is 22.7 Å². The van der Waals surface area contributed by atoms with Gasteiger partial charge in [-0.2, -0.15) is 13.2 Å². The van der Waals surface area contributed by atoms with Crippen LogP contribution in [0.1, 0.15) is 18.7 Å². The van der Waals surface area contributed by atoms with Crippen LogP contribution in [0.4, 0.5) is 13.2 Å². The Morgan fingerprint density at radius 1 is 1.20 bits per heavy atom. The van der Waals surface area contributed by atoms with Crippen molar-refractivity contribution in [3.63, 3.8) is 0 Å². The number of halogens is 3. The fourth-order valence-electron chi connectivity index (χ4n) is 3.61. The van der Waals surface area contributed by atoms with Crippen LogP contribution in [0.25, 0.3) is 0 Å². The second-order valence-electron chi connectivity index (χ2n) is 6.80. The molecular weight excluding hydrogens is 335 g/mol. The van der Waals surface area contributed by atoms with E-state index in [-0.39, 0.29) is 12.5 Å². The maximum Gasteiger partial charge on any atom is 0.406 e. The van der Waals surface area contributed by atoms with Crippen molar-refractivity contribution in [3.05, 3.63) is 18.2 Å². The Bertz CT molecular complexity index is 595. The van der Waals surface area contributed by atoms with Crippen LogP contribution in [0.15, 0.2) is 12.4 Å². The molecule has 2 saturated heterocycles. The third-order valence-electron chi connectivity index (χ3n) is 5.01. The predicted octanol–water partition coefficient (Wildman–Crippen LogP) is 1.09. The summed E-state index contributed by atoms with van der Waals surface area (Å²) in [6, 6.07) is -0.411. The van der Waals surface area contributed by atoms with Crippen molar-refractivity contribution in [2.24, 2.45) is 7.05 Å². The van der Waals surface area contributed by atoms with Crippen molar-refractivity contribution in [2.75, 3.05) is 39.3 Å². The number of imidazole rings is 1. The van der Waals surface area contributed by atoms with Crippen molar-refractivity contribution in [2.45, 2.75) is 31.6 Å². The van der Waals surface area contributed by atoms with Crippen LogP contribution >= 0.6 is 0 Å². The van der Waals surface area contributed by atoms with Gasteiger partial charge in [-0.25, -0.2) is 4.98 Å². The summed E-state index contributed by atoms with van der Waals surface area (Å²) in [6.45, 7) is 2.78. The van der Waals surface area contributed by atoms with Gasteiger partial charge in [-0.3, -0.25) is 14.6 Å². The molecule has 0 unspecified atom stereocenters. The molecule has 0 aliphatic carbocycles. The van der Waals surface area contributed by atoms with E-state index < -0.39 is 18.8 Å². The highest BCUT2D eigenvalue weighted by Crippen LogP contribution is 2.23. The van der Waals surface area contributed by atoms with Gasteiger partial charge in [0.25, 0.3) is 0 Å². The average Bonchev–Trinajstić information content (AvgIpc) is 2.94. The predicted molar refractivity (Wildman–Crippen MR) is 85.7 cm³/mol. The minimum Gasteiger partial charge on any atom is -0.337 e. The lowest BCUT2D eigenvalue weighted by molar-refractivity contribution is -0.168. The lowest BCUT2D eigenvalue weighted by Crippen LogP contribution is -2.58. The van der Waals surface area contributed by atoms with Gasteiger partial charge in [-0.1, -0.05) is 0 Å². The first-order chi connectivity index (χ1) is 11.8. The molecule has 3 heterocycles. The molecule has 140 valence electrons. The second kappa shape index (κ2) is 7.33. The van der Waals surface area contributed by atoms with E-state index in [1.165, 1.54) is 0 Å². The molecule has 0 N–H and O–H groups in total. The van der Waals surface area contributed by atoms with Crippen molar-refractivity contribution < 1.29 is 18.0 Å². The number of aromatic nitrogens is 2. The SMILES string of the molecule is Cn1ccnc1CN1CCN([C@H]2CCCN(CC(F)(F)F)C2=O)CC1. The van der Waals surface area contributed by atoms with Crippen LogP contribution in [-0.2, 0) is 18.4 Å². The van der Waals surface area contributed by atoms with Crippen molar-refractivity contribution in [1.29, 1.82) is 0 Å². The summed E-state index contributed by atoms with van der Waals surface area (Å²) in [5.74, 6) is 0.611. The lowest BCUT2D eigenvalue weighted by atomic mass is 10.0. The molecular formula is C16H24F3N5O. The number of likely N-dealkylation sites (tertiary alicyclic amines) is 1. The van der Waals surface area contributed by atoms with Gasteiger partial charge in [0, 0.05) is 52.2 Å². The average molecular weight is 359 g/mol. The number of piperidine rings is 1. The van der Waals surface area contributed by atoms with Crippen LogP contribution in [0.5, 0.6) is 0 Å². The fraction of sp³-hybridized carbons (Fsp3) is 0.750. The molecule has 9 heteroatoms. The zero-order valence-electron chi connectivity index (χ0n) is 14.4. The van der Waals surface area contributed by atoms with E-state index in [9.17, 15) is 18.0 Å². The normalized spacial score (nSPS) is 24.1. The Balaban J connectivity index is 1.53. The summed E-state index contributed by atoms with van der Waals surface area (Å²) >= 11 is 0. The van der Waals surface area contributed by atoms with Crippen LogP contribution in [-0.4, -0.2) is 81.6 Å². The van der Waals surface area contributed by atoms with Crippen LogP contribution in [0.2, 0.25) is 0 Å². The number of hydrogen-bond acceptors (Lipinski definition) is 4. The first-order valence-electron chi connectivity index (χ1n) is 8.61.